The molecule has 4 rings (SSSR count). The highest BCUT2D eigenvalue weighted by atomic mass is 19.1. The maximum absolute atomic E-state index is 14.6. The second-order valence-corrected chi connectivity index (χ2v) is 6.80. The monoisotopic (exact) mass is 331 g/mol. The third-order valence-electron chi connectivity index (χ3n) is 5.04. The van der Waals surface area contributed by atoms with Crippen molar-refractivity contribution in [3.05, 3.63) is 47.4 Å². The van der Waals surface area contributed by atoms with E-state index in [1.54, 1.807) is 12.1 Å². The van der Waals surface area contributed by atoms with E-state index >= 15 is 0 Å². The average Bonchev–Trinajstić information content (AvgIpc) is 3.20. The second-order valence-electron chi connectivity index (χ2n) is 6.80. The maximum atomic E-state index is 14.6. The number of aromatic nitrogens is 1. The van der Waals surface area contributed by atoms with Crippen LogP contribution in [0.5, 0.6) is 5.75 Å². The van der Waals surface area contributed by atoms with Gasteiger partial charge in [-0.1, -0.05) is 6.92 Å². The normalized spacial score (nSPS) is 21.9. The molecule has 2 atom stereocenters. The number of halogens is 2. The fraction of sp³-hybridized carbons (Fsp3) is 0.421. The van der Waals surface area contributed by atoms with Crippen molar-refractivity contribution in [2.45, 2.75) is 37.3 Å². The molecule has 1 aliphatic heterocycles. The minimum atomic E-state index is -1.36. The summed E-state index contributed by atoms with van der Waals surface area (Å²) in [6, 6.07) is 7.89. The molecule has 1 aromatic heterocycles. The Morgan fingerprint density at radius 1 is 1.33 bits per heavy atom. The topological polar surface area (TPSA) is 42.4 Å². The Balaban J connectivity index is 1.86. The molecule has 5 heteroatoms. The predicted octanol–water partition coefficient (Wildman–Crippen LogP) is 3.96. The Bertz CT molecular complexity index is 772. The Kier molecular flexibility index (Phi) is 3.57. The van der Waals surface area contributed by atoms with Crippen molar-refractivity contribution in [3.63, 3.8) is 0 Å². The summed E-state index contributed by atoms with van der Waals surface area (Å²) < 4.78 is 33.6. The highest BCUT2D eigenvalue weighted by Crippen LogP contribution is 2.52. The summed E-state index contributed by atoms with van der Waals surface area (Å²) in [5.41, 5.74) is 1.48. The molecule has 2 unspecified atom stereocenters. The lowest BCUT2D eigenvalue weighted by molar-refractivity contribution is 0.168. The van der Waals surface area contributed by atoms with Crippen LogP contribution in [-0.2, 0) is 0 Å². The smallest absolute Gasteiger partial charge is 0.149 e. The van der Waals surface area contributed by atoms with Crippen molar-refractivity contribution in [1.82, 2.24) is 4.98 Å². The maximum Gasteiger partial charge on any atom is 0.149 e. The second kappa shape index (κ2) is 5.52. The highest BCUT2D eigenvalue weighted by Gasteiger charge is 2.51. The molecular formula is C19H19F2NO2. The van der Waals surface area contributed by atoms with Crippen LogP contribution in [-0.4, -0.2) is 29.0 Å². The zero-order chi connectivity index (χ0) is 16.9. The van der Waals surface area contributed by atoms with Crippen LogP contribution in [0.25, 0.3) is 11.3 Å². The van der Waals surface area contributed by atoms with Crippen molar-refractivity contribution in [1.29, 1.82) is 0 Å². The Morgan fingerprint density at radius 2 is 2.04 bits per heavy atom. The van der Waals surface area contributed by atoms with Gasteiger partial charge in [-0.3, -0.25) is 0 Å². The van der Waals surface area contributed by atoms with E-state index in [1.807, 2.05) is 13.0 Å². The molecule has 1 N–H and O–H groups in total. The summed E-state index contributed by atoms with van der Waals surface area (Å²) in [7, 11) is 0. The van der Waals surface area contributed by atoms with Gasteiger partial charge in [0.15, 0.2) is 0 Å². The van der Waals surface area contributed by atoms with E-state index in [4.69, 9.17) is 4.74 Å². The van der Waals surface area contributed by atoms with Gasteiger partial charge in [0.1, 0.15) is 22.9 Å². The predicted molar refractivity (Wildman–Crippen MR) is 86.4 cm³/mol. The first-order chi connectivity index (χ1) is 11.5. The van der Waals surface area contributed by atoms with Crippen LogP contribution in [0.2, 0.25) is 0 Å². The number of aliphatic hydroxyl groups is 1. The standard InChI is InChI=1S/C19H19F2NO2/c1-11-10-24-18-14(11)8-16(15(9-23)19(21)6-7-19)22-17(18)12-2-4-13(20)5-3-12/h2-5,8,11,15,23H,6-7,9-10H2,1H3. The van der Waals surface area contributed by atoms with Crippen molar-refractivity contribution in [2.75, 3.05) is 13.2 Å². The molecule has 1 aromatic carbocycles. The average molecular weight is 331 g/mol. The van der Waals surface area contributed by atoms with E-state index in [0.717, 1.165) is 11.1 Å². The lowest BCUT2D eigenvalue weighted by Gasteiger charge is -2.20. The third kappa shape index (κ3) is 2.47. The van der Waals surface area contributed by atoms with Gasteiger partial charge in [-0.15, -0.1) is 0 Å². The van der Waals surface area contributed by atoms with Gasteiger partial charge < -0.3 is 9.84 Å². The number of ether oxygens (including phenoxy) is 1. The molecule has 126 valence electrons. The van der Waals surface area contributed by atoms with Crippen LogP contribution in [0.1, 0.15) is 42.9 Å². The van der Waals surface area contributed by atoms with Crippen LogP contribution in [0.4, 0.5) is 8.78 Å². The molecule has 2 aromatic rings. The number of hydrogen-bond donors (Lipinski definition) is 1. The number of hydrogen-bond acceptors (Lipinski definition) is 3. The van der Waals surface area contributed by atoms with Gasteiger partial charge in [-0.2, -0.15) is 0 Å². The first-order valence-electron chi connectivity index (χ1n) is 8.25. The van der Waals surface area contributed by atoms with Crippen LogP contribution in [0.15, 0.2) is 30.3 Å². The molecule has 3 nitrogen and oxygen atoms in total. The number of benzene rings is 1. The van der Waals surface area contributed by atoms with Crippen molar-refractivity contribution >= 4 is 0 Å². The summed E-state index contributed by atoms with van der Waals surface area (Å²) in [5, 5.41) is 9.71. The van der Waals surface area contributed by atoms with Crippen LogP contribution in [0, 0.1) is 5.82 Å². The summed E-state index contributed by atoms with van der Waals surface area (Å²) in [6.45, 7) is 2.31. The molecule has 1 aliphatic carbocycles. The fourth-order valence-corrected chi connectivity index (χ4v) is 3.36. The van der Waals surface area contributed by atoms with Crippen LogP contribution < -0.4 is 4.74 Å². The van der Waals surface area contributed by atoms with E-state index in [0.29, 0.717) is 36.6 Å². The molecule has 2 heterocycles. The molecule has 0 saturated heterocycles. The van der Waals surface area contributed by atoms with E-state index in [1.165, 1.54) is 12.1 Å². The summed E-state index contributed by atoms with van der Waals surface area (Å²) >= 11 is 0. The van der Waals surface area contributed by atoms with E-state index in [9.17, 15) is 13.9 Å². The molecule has 0 amide bonds. The Hall–Kier alpha value is -2.01. The van der Waals surface area contributed by atoms with Gasteiger partial charge in [0, 0.05) is 17.0 Å². The number of pyridine rings is 1. The molecule has 0 spiro atoms. The molecule has 0 bridgehead atoms. The van der Waals surface area contributed by atoms with Crippen molar-refractivity contribution in [3.8, 4) is 17.0 Å². The number of nitrogens with zero attached hydrogens (tertiary/aromatic N) is 1. The summed E-state index contributed by atoms with van der Waals surface area (Å²) in [5.74, 6) is -0.0992. The molecular weight excluding hydrogens is 312 g/mol. The molecule has 24 heavy (non-hydrogen) atoms. The van der Waals surface area contributed by atoms with Gasteiger partial charge in [0.2, 0.25) is 0 Å². The number of fused-ring (bicyclic) bond motifs is 1. The van der Waals surface area contributed by atoms with Crippen molar-refractivity contribution < 1.29 is 18.6 Å². The van der Waals surface area contributed by atoms with Gasteiger partial charge in [-0.25, -0.2) is 13.8 Å². The first kappa shape index (κ1) is 15.5. The zero-order valence-corrected chi connectivity index (χ0v) is 13.4. The van der Waals surface area contributed by atoms with Crippen LogP contribution in [0.3, 0.4) is 0 Å². The first-order valence-corrected chi connectivity index (χ1v) is 8.25. The molecule has 2 aliphatic rings. The minimum Gasteiger partial charge on any atom is -0.490 e. The summed E-state index contributed by atoms with van der Waals surface area (Å²) in [6.07, 6.45) is 0.907. The lowest BCUT2D eigenvalue weighted by Crippen LogP contribution is -2.20. The highest BCUT2D eigenvalue weighted by molar-refractivity contribution is 5.70. The quantitative estimate of drug-likeness (QED) is 0.922. The van der Waals surface area contributed by atoms with E-state index < -0.39 is 11.6 Å². The molecule has 0 radical (unpaired) electrons. The van der Waals surface area contributed by atoms with Crippen molar-refractivity contribution in [2.24, 2.45) is 0 Å². The largest absolute Gasteiger partial charge is 0.490 e. The van der Waals surface area contributed by atoms with Gasteiger partial charge in [0.25, 0.3) is 0 Å². The van der Waals surface area contributed by atoms with E-state index in [-0.39, 0.29) is 18.3 Å². The number of alkyl halides is 1. The van der Waals surface area contributed by atoms with E-state index in [2.05, 4.69) is 4.98 Å². The number of rotatable bonds is 4. The molecule has 1 fully saturated rings. The SMILES string of the molecule is CC1COc2c1cc(C(CO)C1(F)CC1)nc2-c1ccc(F)cc1. The van der Waals surface area contributed by atoms with Gasteiger partial charge in [0.05, 0.1) is 24.8 Å². The zero-order valence-electron chi connectivity index (χ0n) is 13.4. The Labute approximate surface area is 139 Å². The van der Waals surface area contributed by atoms with Gasteiger partial charge >= 0.3 is 0 Å². The minimum absolute atomic E-state index is 0.176. The summed E-state index contributed by atoms with van der Waals surface area (Å²) in [4.78, 5) is 4.61. The fourth-order valence-electron chi connectivity index (χ4n) is 3.36. The molecule has 1 saturated carbocycles. The lowest BCUT2D eigenvalue weighted by atomic mass is 9.93. The van der Waals surface area contributed by atoms with Crippen LogP contribution >= 0.6 is 0 Å². The third-order valence-corrected chi connectivity index (χ3v) is 5.04. The Morgan fingerprint density at radius 3 is 2.67 bits per heavy atom. The van der Waals surface area contributed by atoms with Gasteiger partial charge in [-0.05, 0) is 43.2 Å². The number of aliphatic hydroxyl groups excluding tert-OH is 1.